The Morgan fingerprint density at radius 1 is 1.47 bits per heavy atom. The Labute approximate surface area is 112 Å². The molecule has 5 heteroatoms. The molecule has 0 aliphatic heterocycles. The molecule has 4 atom stereocenters. The Balaban J connectivity index is 1.67. The van der Waals surface area contributed by atoms with Crippen LogP contribution in [0.4, 0.5) is 11.5 Å². The van der Waals surface area contributed by atoms with Crippen LogP contribution in [0, 0.1) is 27.9 Å². The van der Waals surface area contributed by atoms with Crippen LogP contribution in [-0.2, 0) is 0 Å². The van der Waals surface area contributed by atoms with Crippen LogP contribution in [0.25, 0.3) is 0 Å². The molecule has 0 spiro atoms. The maximum Gasteiger partial charge on any atom is 0.274 e. The average Bonchev–Trinajstić information content (AvgIpc) is 3.01. The van der Waals surface area contributed by atoms with Gasteiger partial charge in [0.05, 0.1) is 11.0 Å². The van der Waals surface area contributed by atoms with Gasteiger partial charge in [0.15, 0.2) is 0 Å². The van der Waals surface area contributed by atoms with Crippen molar-refractivity contribution in [1.82, 2.24) is 4.98 Å². The van der Waals surface area contributed by atoms with Crippen molar-refractivity contribution in [3.05, 3.63) is 28.4 Å². The van der Waals surface area contributed by atoms with Crippen LogP contribution in [0.2, 0.25) is 0 Å². The van der Waals surface area contributed by atoms with Crippen molar-refractivity contribution in [3.8, 4) is 0 Å². The highest BCUT2D eigenvalue weighted by atomic mass is 16.6. The lowest BCUT2D eigenvalue weighted by molar-refractivity contribution is -0.384. The zero-order valence-electron chi connectivity index (χ0n) is 11.1. The van der Waals surface area contributed by atoms with Crippen LogP contribution in [0.5, 0.6) is 0 Å². The van der Waals surface area contributed by atoms with Crippen LogP contribution in [0.1, 0.15) is 32.6 Å². The Hall–Kier alpha value is -1.65. The van der Waals surface area contributed by atoms with Gasteiger partial charge in [0.25, 0.3) is 5.69 Å². The monoisotopic (exact) mass is 261 g/mol. The van der Waals surface area contributed by atoms with Gasteiger partial charge in [-0.15, -0.1) is 0 Å². The van der Waals surface area contributed by atoms with Crippen LogP contribution in [0.15, 0.2) is 18.3 Å². The van der Waals surface area contributed by atoms with Crippen molar-refractivity contribution in [2.45, 2.75) is 38.6 Å². The molecule has 2 aliphatic carbocycles. The fourth-order valence-electron chi connectivity index (χ4n) is 3.86. The Morgan fingerprint density at radius 3 is 2.95 bits per heavy atom. The summed E-state index contributed by atoms with van der Waals surface area (Å²) in [5.41, 5.74) is 0.0950. The highest BCUT2D eigenvalue weighted by molar-refractivity contribution is 5.44. The van der Waals surface area contributed by atoms with E-state index in [9.17, 15) is 10.1 Å². The minimum atomic E-state index is -0.380. The first-order chi connectivity index (χ1) is 9.13. The maximum atomic E-state index is 10.7. The lowest BCUT2D eigenvalue weighted by Gasteiger charge is -2.28. The van der Waals surface area contributed by atoms with Gasteiger partial charge in [-0.3, -0.25) is 10.1 Å². The van der Waals surface area contributed by atoms with E-state index >= 15 is 0 Å². The second-order valence-electron chi connectivity index (χ2n) is 5.93. The number of aromatic nitrogens is 1. The summed E-state index contributed by atoms with van der Waals surface area (Å²) >= 11 is 0. The van der Waals surface area contributed by atoms with E-state index in [0.717, 1.165) is 11.8 Å². The fraction of sp³-hybridized carbons (Fsp3) is 0.643. The predicted molar refractivity (Wildman–Crippen MR) is 72.9 cm³/mol. The molecule has 2 fully saturated rings. The van der Waals surface area contributed by atoms with Crippen molar-refractivity contribution in [2.75, 3.05) is 5.32 Å². The molecule has 1 N–H and O–H groups in total. The van der Waals surface area contributed by atoms with Gasteiger partial charge in [0.2, 0.25) is 0 Å². The molecule has 5 nitrogen and oxygen atoms in total. The standard InChI is InChI=1S/C14H19N3O2/c1-9(13-7-10-2-3-11(13)6-10)16-14-8-12(17(18)19)4-5-15-14/h4-5,8-11,13H,2-3,6-7H2,1H3,(H,15,16). The predicted octanol–water partition coefficient (Wildman–Crippen LogP) is 3.23. The Morgan fingerprint density at radius 2 is 2.32 bits per heavy atom. The van der Waals surface area contributed by atoms with Crippen LogP contribution in [0.3, 0.4) is 0 Å². The first-order valence-corrected chi connectivity index (χ1v) is 7.00. The number of nitrogens with zero attached hydrogens (tertiary/aromatic N) is 2. The molecular weight excluding hydrogens is 242 g/mol. The zero-order chi connectivity index (χ0) is 13.4. The average molecular weight is 261 g/mol. The lowest BCUT2D eigenvalue weighted by Crippen LogP contribution is -2.30. The zero-order valence-corrected chi connectivity index (χ0v) is 11.1. The minimum absolute atomic E-state index is 0.0950. The van der Waals surface area contributed by atoms with Crippen molar-refractivity contribution in [3.63, 3.8) is 0 Å². The summed E-state index contributed by atoms with van der Waals surface area (Å²) in [7, 11) is 0. The summed E-state index contributed by atoms with van der Waals surface area (Å²) in [5, 5.41) is 14.1. The number of pyridine rings is 1. The minimum Gasteiger partial charge on any atom is -0.367 e. The molecule has 102 valence electrons. The van der Waals surface area contributed by atoms with Gasteiger partial charge in [0, 0.05) is 18.3 Å². The van der Waals surface area contributed by atoms with Crippen LogP contribution >= 0.6 is 0 Å². The van der Waals surface area contributed by atoms with E-state index in [2.05, 4.69) is 17.2 Å². The van der Waals surface area contributed by atoms with Gasteiger partial charge in [-0.1, -0.05) is 6.42 Å². The summed E-state index contributed by atoms with van der Waals surface area (Å²) < 4.78 is 0. The highest BCUT2D eigenvalue weighted by Crippen LogP contribution is 2.49. The van der Waals surface area contributed by atoms with E-state index in [4.69, 9.17) is 0 Å². The normalized spacial score (nSPS) is 30.3. The lowest BCUT2D eigenvalue weighted by atomic mass is 9.84. The molecule has 2 saturated carbocycles. The second-order valence-corrected chi connectivity index (χ2v) is 5.93. The first-order valence-electron chi connectivity index (χ1n) is 7.00. The second kappa shape index (κ2) is 4.79. The quantitative estimate of drug-likeness (QED) is 0.667. The molecule has 1 aromatic rings. The molecule has 2 bridgehead atoms. The summed E-state index contributed by atoms with van der Waals surface area (Å²) in [6.45, 7) is 2.17. The molecule has 4 unspecified atom stereocenters. The molecule has 2 aliphatic rings. The first kappa shape index (κ1) is 12.4. The Kier molecular flexibility index (Phi) is 3.12. The smallest absolute Gasteiger partial charge is 0.274 e. The molecule has 19 heavy (non-hydrogen) atoms. The molecule has 0 aromatic carbocycles. The van der Waals surface area contributed by atoms with E-state index in [1.807, 2.05) is 0 Å². The van der Waals surface area contributed by atoms with E-state index in [0.29, 0.717) is 17.8 Å². The van der Waals surface area contributed by atoms with Crippen molar-refractivity contribution >= 4 is 11.5 Å². The van der Waals surface area contributed by atoms with Gasteiger partial charge in [-0.05, 0) is 43.9 Å². The van der Waals surface area contributed by atoms with Crippen molar-refractivity contribution in [2.24, 2.45) is 17.8 Å². The summed E-state index contributed by atoms with van der Waals surface area (Å²) in [6.07, 6.45) is 6.91. The number of nitrogens with one attached hydrogen (secondary N) is 1. The van der Waals surface area contributed by atoms with E-state index in [1.165, 1.54) is 44.0 Å². The largest absolute Gasteiger partial charge is 0.367 e. The van der Waals surface area contributed by atoms with Gasteiger partial charge >= 0.3 is 0 Å². The molecule has 0 radical (unpaired) electrons. The molecule has 1 heterocycles. The van der Waals surface area contributed by atoms with Crippen molar-refractivity contribution < 1.29 is 4.92 Å². The summed E-state index contributed by atoms with van der Waals surface area (Å²) in [5.74, 6) is 3.06. The molecule has 3 rings (SSSR count). The summed E-state index contributed by atoms with van der Waals surface area (Å²) in [4.78, 5) is 14.5. The third-order valence-electron chi connectivity index (χ3n) is 4.76. The Bertz CT molecular complexity index is 491. The summed E-state index contributed by atoms with van der Waals surface area (Å²) in [6, 6.07) is 3.28. The van der Waals surface area contributed by atoms with Gasteiger partial charge < -0.3 is 5.32 Å². The SMILES string of the molecule is CC(Nc1cc([N+](=O)[O-])ccn1)C1CC2CCC1C2. The van der Waals surface area contributed by atoms with Crippen molar-refractivity contribution in [1.29, 1.82) is 0 Å². The van der Waals surface area contributed by atoms with E-state index in [-0.39, 0.29) is 10.6 Å². The van der Waals surface area contributed by atoms with Gasteiger partial charge in [-0.2, -0.15) is 0 Å². The maximum absolute atomic E-state index is 10.7. The van der Waals surface area contributed by atoms with Gasteiger partial charge in [-0.25, -0.2) is 4.98 Å². The number of hydrogen-bond donors (Lipinski definition) is 1. The topological polar surface area (TPSA) is 68.1 Å². The number of nitro groups is 1. The third kappa shape index (κ3) is 2.41. The molecule has 1 aromatic heterocycles. The number of fused-ring (bicyclic) bond motifs is 2. The number of hydrogen-bond acceptors (Lipinski definition) is 4. The van der Waals surface area contributed by atoms with Gasteiger partial charge in [0.1, 0.15) is 5.82 Å². The molecule has 0 amide bonds. The van der Waals surface area contributed by atoms with Crippen LogP contribution < -0.4 is 5.32 Å². The van der Waals surface area contributed by atoms with E-state index < -0.39 is 0 Å². The van der Waals surface area contributed by atoms with Crippen LogP contribution in [-0.4, -0.2) is 15.9 Å². The number of rotatable bonds is 4. The third-order valence-corrected chi connectivity index (χ3v) is 4.76. The molecule has 0 saturated heterocycles. The van der Waals surface area contributed by atoms with E-state index in [1.54, 1.807) is 0 Å². The number of anilines is 1. The molecular formula is C14H19N3O2. The highest BCUT2D eigenvalue weighted by Gasteiger charge is 2.41. The fourth-order valence-corrected chi connectivity index (χ4v) is 3.86.